The normalized spacial score (nSPS) is 7.00. The summed E-state index contributed by atoms with van der Waals surface area (Å²) >= 11 is 6.65. The molecular formula is CH3ClHfSi+2. The van der Waals surface area contributed by atoms with Crippen LogP contribution in [0.2, 0.25) is 6.55 Å². The van der Waals surface area contributed by atoms with E-state index >= 15 is 0 Å². The van der Waals surface area contributed by atoms with Gasteiger partial charge < -0.3 is 0 Å². The van der Waals surface area contributed by atoms with Crippen molar-refractivity contribution in [2.24, 2.45) is 0 Å². The van der Waals surface area contributed by atoms with E-state index in [9.17, 15) is 0 Å². The van der Waals surface area contributed by atoms with Gasteiger partial charge in [0.2, 0.25) is 0 Å². The van der Waals surface area contributed by atoms with E-state index in [1.165, 1.54) is 23.0 Å². The van der Waals surface area contributed by atoms with Crippen molar-refractivity contribution in [1.82, 2.24) is 0 Å². The van der Waals surface area contributed by atoms with Gasteiger partial charge in [-0.1, -0.05) is 0 Å². The Morgan fingerprint density at radius 3 is 2.00 bits per heavy atom. The first-order valence-electron chi connectivity index (χ1n) is 0.939. The number of hydrogen-bond acceptors (Lipinski definition) is 0. The Hall–Kier alpha value is 1.38. The first-order chi connectivity index (χ1) is 1.73. The van der Waals surface area contributed by atoms with Crippen LogP contribution in [0.4, 0.5) is 0 Å². The Morgan fingerprint density at radius 1 is 2.00 bits per heavy atom. The summed E-state index contributed by atoms with van der Waals surface area (Å²) in [5.41, 5.74) is 0. The minimum atomic E-state index is -0.269. The number of halogens is 1. The van der Waals surface area contributed by atoms with Gasteiger partial charge in [0.1, 0.15) is 0 Å². The summed E-state index contributed by atoms with van der Waals surface area (Å²) in [7, 11) is 0. The molecule has 3 heteroatoms. The quantitative estimate of drug-likeness (QED) is 0.446. The Morgan fingerprint density at radius 2 is 2.00 bits per heavy atom. The molecule has 0 nitrogen and oxygen atoms in total. The molecule has 0 aromatic carbocycles. The molecule has 0 saturated heterocycles. The molecule has 0 unspecified atom stereocenters. The van der Waals surface area contributed by atoms with Crippen LogP contribution in [-0.4, -0.2) is 4.80 Å². The van der Waals surface area contributed by atoms with E-state index in [1.807, 2.05) is 0 Å². The van der Waals surface area contributed by atoms with Crippen LogP contribution in [0, 0.1) is 0 Å². The second kappa shape index (κ2) is 2.61. The molecule has 4 heavy (non-hydrogen) atoms. The third-order valence-corrected chi connectivity index (χ3v) is 0. The average Bonchev–Trinajstić information content (AvgIpc) is 0.811. The molecule has 20 valence electrons. The van der Waals surface area contributed by atoms with E-state index in [1.54, 1.807) is 0 Å². The van der Waals surface area contributed by atoms with Gasteiger partial charge in [-0.3, -0.25) is 0 Å². The molecule has 0 aliphatic rings. The van der Waals surface area contributed by atoms with Crippen LogP contribution >= 0.6 is 11.1 Å². The summed E-state index contributed by atoms with van der Waals surface area (Å²) in [5, 5.41) is 0. The monoisotopic (exact) mass is 258 g/mol. The second-order valence-corrected chi connectivity index (χ2v) is 14.8. The van der Waals surface area contributed by atoms with Crippen LogP contribution in [0.5, 0.6) is 0 Å². The number of hydrogen-bond donors (Lipinski definition) is 0. The maximum absolute atomic E-state index is 5.44. The molecule has 0 aromatic heterocycles. The third kappa shape index (κ3) is 10.1. The molecule has 0 radical (unpaired) electrons. The van der Waals surface area contributed by atoms with Gasteiger partial charge in [0.15, 0.2) is 0 Å². The zero-order chi connectivity index (χ0) is 3.58. The Kier molecular flexibility index (Phi) is 3.50. The topological polar surface area (TPSA) is 0 Å². The van der Waals surface area contributed by atoms with Crippen molar-refractivity contribution in [3.05, 3.63) is 0 Å². The fourth-order valence-electron chi connectivity index (χ4n) is 0. The minimum absolute atomic E-state index is 0.269. The van der Waals surface area contributed by atoms with Gasteiger partial charge in [-0.25, -0.2) is 0 Å². The zero-order valence-electron chi connectivity index (χ0n) is 2.38. The molecule has 0 aliphatic heterocycles. The molecule has 0 aliphatic carbocycles. The summed E-state index contributed by atoms with van der Waals surface area (Å²) in [6.07, 6.45) is 0. The van der Waals surface area contributed by atoms with Crippen LogP contribution in [0.25, 0.3) is 0 Å². The van der Waals surface area contributed by atoms with Crippen LogP contribution in [0.1, 0.15) is 0 Å². The van der Waals surface area contributed by atoms with Gasteiger partial charge in [-0.2, -0.15) is 0 Å². The van der Waals surface area contributed by atoms with Gasteiger partial charge in [-0.15, -0.1) is 0 Å². The van der Waals surface area contributed by atoms with Crippen molar-refractivity contribution >= 4 is 15.9 Å². The fourth-order valence-corrected chi connectivity index (χ4v) is 0. The first kappa shape index (κ1) is 5.38. The molecule has 0 saturated carbocycles. The summed E-state index contributed by atoms with van der Waals surface area (Å²) in [6.45, 7) is 2.10. The van der Waals surface area contributed by atoms with E-state index in [0.717, 1.165) is 0 Å². The summed E-state index contributed by atoms with van der Waals surface area (Å²) in [6, 6.07) is 0. The predicted octanol–water partition coefficient (Wildman–Crippen LogP) is 0.890. The van der Waals surface area contributed by atoms with Crippen LogP contribution in [-0.2, 0) is 23.0 Å². The Balaban J connectivity index is 2.80. The summed E-state index contributed by atoms with van der Waals surface area (Å²) < 4.78 is 0. The molecule has 0 N–H and O–H groups in total. The van der Waals surface area contributed by atoms with E-state index in [-0.39, 0.29) is 4.80 Å². The van der Waals surface area contributed by atoms with E-state index in [4.69, 9.17) is 11.1 Å². The van der Waals surface area contributed by atoms with Gasteiger partial charge >= 0.3 is 45.4 Å². The SMILES string of the molecule is C[Si](Cl)=[Hf+2]. The van der Waals surface area contributed by atoms with E-state index in [2.05, 4.69) is 6.55 Å². The second-order valence-electron chi connectivity index (χ2n) is 0.533. The molecule has 0 rings (SSSR count). The summed E-state index contributed by atoms with van der Waals surface area (Å²) in [5.74, 6) is 0. The molecular weight excluding hydrogens is 254 g/mol. The zero-order valence-corrected chi connectivity index (χ0v) is 7.73. The van der Waals surface area contributed by atoms with Gasteiger partial charge in [0.05, 0.1) is 0 Å². The van der Waals surface area contributed by atoms with Crippen LogP contribution in [0.15, 0.2) is 0 Å². The fraction of sp³-hybridized carbons (Fsp3) is 1.00. The van der Waals surface area contributed by atoms with Gasteiger partial charge in [0, 0.05) is 0 Å². The molecule has 0 spiro atoms. The molecule has 0 atom stereocenters. The molecule has 0 fully saturated rings. The number of rotatable bonds is 0. The average molecular weight is 257 g/mol. The standard InChI is InChI=1S/CH3ClSi.Hf/c1-3-2;/h1H3;/q;+2. The maximum atomic E-state index is 5.44. The first-order valence-corrected chi connectivity index (χ1v) is 9.34. The van der Waals surface area contributed by atoms with Crippen molar-refractivity contribution in [2.45, 2.75) is 6.55 Å². The molecule has 0 bridgehead atoms. The van der Waals surface area contributed by atoms with Crippen LogP contribution in [0.3, 0.4) is 0 Å². The van der Waals surface area contributed by atoms with Gasteiger partial charge in [-0.05, 0) is 0 Å². The third-order valence-electron chi connectivity index (χ3n) is 0. The molecule has 0 amide bonds. The predicted molar refractivity (Wildman–Crippen MR) is 17.5 cm³/mol. The van der Waals surface area contributed by atoms with Crippen molar-refractivity contribution < 1.29 is 23.0 Å². The van der Waals surface area contributed by atoms with Crippen LogP contribution < -0.4 is 0 Å². The molecule has 0 aromatic rings. The Labute approximate surface area is 45.4 Å². The van der Waals surface area contributed by atoms with E-state index < -0.39 is 0 Å². The summed E-state index contributed by atoms with van der Waals surface area (Å²) in [4.78, 5) is -0.269. The molecule has 0 heterocycles. The van der Waals surface area contributed by atoms with Crippen molar-refractivity contribution in [2.75, 3.05) is 0 Å². The van der Waals surface area contributed by atoms with Gasteiger partial charge in [0.25, 0.3) is 0 Å². The van der Waals surface area contributed by atoms with E-state index in [0.29, 0.717) is 0 Å². The Bertz CT molecular complexity index is 31.0. The van der Waals surface area contributed by atoms with Crippen molar-refractivity contribution in [1.29, 1.82) is 0 Å². The van der Waals surface area contributed by atoms with Crippen molar-refractivity contribution in [3.8, 4) is 0 Å². The van der Waals surface area contributed by atoms with Crippen molar-refractivity contribution in [3.63, 3.8) is 0 Å².